The van der Waals surface area contributed by atoms with Crippen LogP contribution in [0.5, 0.6) is 0 Å². The third-order valence-corrected chi connectivity index (χ3v) is 3.50. The van der Waals surface area contributed by atoms with E-state index >= 15 is 0 Å². The second-order valence-electron chi connectivity index (χ2n) is 3.62. The average molecular weight is 273 g/mol. The lowest BCUT2D eigenvalue weighted by molar-refractivity contribution is 0.750. The van der Waals surface area contributed by atoms with Crippen molar-refractivity contribution in [1.82, 2.24) is 0 Å². The van der Waals surface area contributed by atoms with Crippen LogP contribution in [0.1, 0.15) is 47.0 Å². The molecule has 0 saturated carbocycles. The molecule has 0 aliphatic rings. The van der Waals surface area contributed by atoms with Gasteiger partial charge >= 0.3 is 0 Å². The van der Waals surface area contributed by atoms with E-state index in [1.807, 2.05) is 0 Å². The summed E-state index contributed by atoms with van der Waals surface area (Å²) in [6.07, 6.45) is 3.14. The predicted octanol–water partition coefficient (Wildman–Crippen LogP) is 4.38. The highest BCUT2D eigenvalue weighted by Crippen LogP contribution is 2.26. The summed E-state index contributed by atoms with van der Waals surface area (Å²) in [4.78, 5) is 0. The van der Waals surface area contributed by atoms with Crippen molar-refractivity contribution < 1.29 is 0 Å². The molecule has 14 heavy (non-hydrogen) atoms. The van der Waals surface area contributed by atoms with Crippen LogP contribution in [-0.4, -0.2) is 14.6 Å². The third-order valence-electron chi connectivity index (χ3n) is 1.81. The second-order valence-corrected chi connectivity index (χ2v) is 7.45. The molecule has 0 heterocycles. The van der Waals surface area contributed by atoms with Gasteiger partial charge in [0.25, 0.3) is 0 Å². The van der Waals surface area contributed by atoms with Crippen molar-refractivity contribution in [2.75, 3.05) is 0 Å². The van der Waals surface area contributed by atoms with E-state index in [1.165, 1.54) is 0 Å². The van der Waals surface area contributed by atoms with Crippen LogP contribution >= 0.6 is 50.5 Å². The molecule has 0 aromatic heterocycles. The number of rotatable bonds is 4. The van der Waals surface area contributed by atoms with Gasteiger partial charge in [-0.3, -0.25) is 0 Å². The zero-order valence-corrected chi connectivity index (χ0v) is 13.1. The van der Waals surface area contributed by atoms with Crippen molar-refractivity contribution in [2.45, 2.75) is 61.5 Å². The molecule has 0 saturated heterocycles. The van der Waals surface area contributed by atoms with Gasteiger partial charge in [0.1, 0.15) is 0 Å². The summed E-state index contributed by atoms with van der Waals surface area (Å²) in [5, 5.41) is 0.986. The summed E-state index contributed by atoms with van der Waals surface area (Å²) in [7, 11) is 0. The molecule has 0 aliphatic carbocycles. The van der Waals surface area contributed by atoms with E-state index < -0.39 is 0 Å². The molecule has 0 amide bonds. The Morgan fingerprint density at radius 3 is 1.21 bits per heavy atom. The van der Waals surface area contributed by atoms with Gasteiger partial charge in [-0.05, 0) is 29.8 Å². The van der Waals surface area contributed by atoms with Crippen LogP contribution in [0, 0.1) is 0 Å². The maximum Gasteiger partial charge on any atom is 0.0546 e. The van der Waals surface area contributed by atoms with Gasteiger partial charge in [-0.1, -0.05) is 27.7 Å². The minimum absolute atomic E-state index is 0.0278. The molecule has 88 valence electrons. The fourth-order valence-electron chi connectivity index (χ4n) is 0.744. The van der Waals surface area contributed by atoms with Crippen LogP contribution in [0.4, 0.5) is 0 Å². The normalized spacial score (nSPS) is 15.4. The molecule has 4 heteroatoms. The third kappa shape index (κ3) is 15.9. The first-order valence-electron chi connectivity index (χ1n) is 5.06. The molecule has 0 bridgehead atoms. The topological polar surface area (TPSA) is 0 Å². The SMILES string of the molecule is CC(S)CC(C)S.CCC(S)(S)CC. The monoisotopic (exact) mass is 272 g/mol. The Kier molecular flexibility index (Phi) is 12.2. The summed E-state index contributed by atoms with van der Waals surface area (Å²) in [5.74, 6) is 0. The molecule has 0 aromatic rings. The van der Waals surface area contributed by atoms with Crippen LogP contribution in [-0.2, 0) is 0 Å². The fraction of sp³-hybridized carbons (Fsp3) is 1.00. The molecule has 0 fully saturated rings. The maximum absolute atomic E-state index is 4.25. The van der Waals surface area contributed by atoms with Crippen molar-refractivity contribution in [2.24, 2.45) is 0 Å². The van der Waals surface area contributed by atoms with Crippen molar-refractivity contribution >= 4 is 50.5 Å². The summed E-state index contributed by atoms with van der Waals surface area (Å²) in [6, 6.07) is 0. The van der Waals surface area contributed by atoms with Gasteiger partial charge in [-0.25, -0.2) is 0 Å². The number of hydrogen-bond donors (Lipinski definition) is 4. The van der Waals surface area contributed by atoms with Gasteiger partial charge in [0.2, 0.25) is 0 Å². The quantitative estimate of drug-likeness (QED) is 0.424. The van der Waals surface area contributed by atoms with E-state index in [0.717, 1.165) is 19.3 Å². The van der Waals surface area contributed by atoms with E-state index in [0.29, 0.717) is 10.5 Å². The van der Waals surface area contributed by atoms with Gasteiger partial charge in [0.15, 0.2) is 0 Å². The van der Waals surface area contributed by atoms with Gasteiger partial charge < -0.3 is 0 Å². The van der Waals surface area contributed by atoms with Crippen LogP contribution < -0.4 is 0 Å². The molecule has 0 aromatic carbocycles. The van der Waals surface area contributed by atoms with Gasteiger partial charge in [-0.15, -0.1) is 0 Å². The summed E-state index contributed by atoms with van der Waals surface area (Å²) < 4.78 is -0.0278. The highest BCUT2D eigenvalue weighted by Gasteiger charge is 2.12. The summed E-state index contributed by atoms with van der Waals surface area (Å²) in [5.41, 5.74) is 0. The largest absolute Gasteiger partial charge is 0.176 e. The molecule has 0 nitrogen and oxygen atoms in total. The van der Waals surface area contributed by atoms with Crippen molar-refractivity contribution in [1.29, 1.82) is 0 Å². The molecule has 0 rings (SSSR count). The smallest absolute Gasteiger partial charge is 0.0546 e. The van der Waals surface area contributed by atoms with E-state index in [9.17, 15) is 0 Å². The van der Waals surface area contributed by atoms with Gasteiger partial charge in [-0.2, -0.15) is 50.5 Å². The molecule has 2 unspecified atom stereocenters. The summed E-state index contributed by atoms with van der Waals surface area (Å²) in [6.45, 7) is 8.33. The van der Waals surface area contributed by atoms with E-state index in [-0.39, 0.29) is 4.08 Å². The number of hydrogen-bond acceptors (Lipinski definition) is 4. The van der Waals surface area contributed by atoms with E-state index in [2.05, 4.69) is 78.2 Å². The molecular weight excluding hydrogens is 248 g/mol. The Bertz CT molecular complexity index is 109. The Hall–Kier alpha value is 1.40. The molecule has 2 atom stereocenters. The summed E-state index contributed by atoms with van der Waals surface area (Å²) >= 11 is 16.9. The lowest BCUT2D eigenvalue weighted by Gasteiger charge is -2.16. The van der Waals surface area contributed by atoms with Crippen LogP contribution in [0.15, 0.2) is 0 Å². The molecule has 0 aliphatic heterocycles. The Labute approximate surface area is 112 Å². The van der Waals surface area contributed by atoms with Crippen molar-refractivity contribution in [3.05, 3.63) is 0 Å². The molecule has 0 spiro atoms. The van der Waals surface area contributed by atoms with Gasteiger partial charge in [0.05, 0.1) is 4.08 Å². The Morgan fingerprint density at radius 2 is 1.21 bits per heavy atom. The van der Waals surface area contributed by atoms with Crippen LogP contribution in [0.25, 0.3) is 0 Å². The number of thiol groups is 4. The zero-order valence-electron chi connectivity index (χ0n) is 9.56. The Morgan fingerprint density at radius 1 is 0.929 bits per heavy atom. The molecular formula is C10H24S4. The first-order chi connectivity index (χ1) is 6.25. The highest BCUT2D eigenvalue weighted by atomic mass is 32.2. The lowest BCUT2D eigenvalue weighted by atomic mass is 10.2. The van der Waals surface area contributed by atoms with Crippen LogP contribution in [0.2, 0.25) is 0 Å². The average Bonchev–Trinajstić information content (AvgIpc) is 2.03. The highest BCUT2D eigenvalue weighted by molar-refractivity contribution is 8.00. The first kappa shape index (κ1) is 17.8. The molecule has 0 N–H and O–H groups in total. The van der Waals surface area contributed by atoms with E-state index in [4.69, 9.17) is 0 Å². The fourth-order valence-corrected chi connectivity index (χ4v) is 1.54. The lowest BCUT2D eigenvalue weighted by Crippen LogP contribution is -2.07. The standard InChI is InChI=1S/2C5H12S2/c1-4(6)3-5(2)7;1-3-5(6,7)4-2/h4-7H,3H2,1-2H3;6-7H,3-4H2,1-2H3. The zero-order chi connectivity index (χ0) is 11.8. The first-order valence-corrected chi connectivity index (χ1v) is 6.98. The minimum atomic E-state index is -0.0278. The minimum Gasteiger partial charge on any atom is -0.176 e. The molecule has 0 radical (unpaired) electrons. The van der Waals surface area contributed by atoms with Crippen LogP contribution in [0.3, 0.4) is 0 Å². The van der Waals surface area contributed by atoms with Crippen molar-refractivity contribution in [3.8, 4) is 0 Å². The predicted molar refractivity (Wildman–Crippen MR) is 82.8 cm³/mol. The van der Waals surface area contributed by atoms with E-state index in [1.54, 1.807) is 0 Å². The van der Waals surface area contributed by atoms with Gasteiger partial charge in [0, 0.05) is 0 Å². The Balaban J connectivity index is 0. The maximum atomic E-state index is 4.25. The second kappa shape index (κ2) is 9.61. The van der Waals surface area contributed by atoms with Crippen molar-refractivity contribution in [3.63, 3.8) is 0 Å².